The Bertz CT molecular complexity index is 321. The number of hydrogen-bond acceptors (Lipinski definition) is 1. The third kappa shape index (κ3) is 3.96. The van der Waals surface area contributed by atoms with Gasteiger partial charge in [0.2, 0.25) is 0 Å². The van der Waals surface area contributed by atoms with Crippen molar-refractivity contribution < 1.29 is 0 Å². The zero-order valence-corrected chi connectivity index (χ0v) is 11.2. The van der Waals surface area contributed by atoms with E-state index in [-0.39, 0.29) is 0 Å². The number of unbranched alkanes of at least 4 members (excludes halogenated alkanes) is 2. The van der Waals surface area contributed by atoms with E-state index in [9.17, 15) is 0 Å². The fourth-order valence-electron chi connectivity index (χ4n) is 1.75. The maximum Gasteiger partial charge on any atom is 0.0207 e. The summed E-state index contributed by atoms with van der Waals surface area (Å²) < 4.78 is 1.21. The summed E-state index contributed by atoms with van der Waals surface area (Å²) in [7, 11) is 0. The topological polar surface area (TPSA) is 26.0 Å². The highest BCUT2D eigenvalue weighted by molar-refractivity contribution is 9.10. The van der Waals surface area contributed by atoms with Gasteiger partial charge in [-0.2, -0.15) is 0 Å². The number of hydrogen-bond donors (Lipinski definition) is 1. The largest absolute Gasteiger partial charge is 0.330 e. The Hall–Kier alpha value is -0.340. The summed E-state index contributed by atoms with van der Waals surface area (Å²) in [5.74, 6) is 0. The molecule has 0 radical (unpaired) electrons. The van der Waals surface area contributed by atoms with Crippen LogP contribution >= 0.6 is 15.9 Å². The Morgan fingerprint density at radius 1 is 1.07 bits per heavy atom. The predicted octanol–water partition coefficient (Wildman–Crippen LogP) is 3.74. The van der Waals surface area contributed by atoms with E-state index in [1.165, 1.54) is 40.4 Å². The van der Waals surface area contributed by atoms with Gasteiger partial charge in [-0.1, -0.05) is 28.4 Å². The van der Waals surface area contributed by atoms with E-state index in [4.69, 9.17) is 5.73 Å². The van der Waals surface area contributed by atoms with Crippen LogP contribution in [0, 0.1) is 13.8 Å². The van der Waals surface area contributed by atoms with Crippen LogP contribution < -0.4 is 5.73 Å². The molecule has 1 aromatic rings. The van der Waals surface area contributed by atoms with E-state index in [1.807, 2.05) is 0 Å². The third-order valence-corrected chi connectivity index (χ3v) is 3.62. The van der Waals surface area contributed by atoms with Crippen molar-refractivity contribution in [3.05, 3.63) is 33.3 Å². The number of rotatable bonds is 5. The highest BCUT2D eigenvalue weighted by Gasteiger charge is 2.02. The van der Waals surface area contributed by atoms with Gasteiger partial charge in [0.25, 0.3) is 0 Å². The number of nitrogens with two attached hydrogens (primary N) is 1. The summed E-state index contributed by atoms with van der Waals surface area (Å²) in [5.41, 5.74) is 9.67. The first-order valence-electron chi connectivity index (χ1n) is 5.61. The van der Waals surface area contributed by atoms with Gasteiger partial charge in [-0.25, -0.2) is 0 Å². The Kier molecular flexibility index (Phi) is 5.34. The SMILES string of the molecule is Cc1cc(CCCCCN)c(C)cc1Br. The van der Waals surface area contributed by atoms with Crippen molar-refractivity contribution in [3.8, 4) is 0 Å². The van der Waals surface area contributed by atoms with Crippen molar-refractivity contribution in [2.45, 2.75) is 39.5 Å². The average Bonchev–Trinajstić information content (AvgIpc) is 2.20. The van der Waals surface area contributed by atoms with Crippen LogP contribution in [-0.4, -0.2) is 6.54 Å². The van der Waals surface area contributed by atoms with Crippen molar-refractivity contribution >= 4 is 15.9 Å². The van der Waals surface area contributed by atoms with Crippen molar-refractivity contribution in [2.75, 3.05) is 6.54 Å². The number of benzene rings is 1. The Morgan fingerprint density at radius 3 is 2.47 bits per heavy atom. The van der Waals surface area contributed by atoms with Crippen molar-refractivity contribution in [3.63, 3.8) is 0 Å². The summed E-state index contributed by atoms with van der Waals surface area (Å²) in [6.07, 6.45) is 4.82. The molecule has 1 rings (SSSR count). The van der Waals surface area contributed by atoms with E-state index in [1.54, 1.807) is 0 Å². The van der Waals surface area contributed by atoms with Crippen LogP contribution in [0.4, 0.5) is 0 Å². The van der Waals surface area contributed by atoms with Gasteiger partial charge in [-0.3, -0.25) is 0 Å². The Labute approximate surface area is 101 Å². The first-order chi connectivity index (χ1) is 7.15. The molecule has 0 saturated carbocycles. The van der Waals surface area contributed by atoms with E-state index in [2.05, 4.69) is 41.9 Å². The molecule has 0 spiro atoms. The smallest absolute Gasteiger partial charge is 0.0207 e. The minimum absolute atomic E-state index is 0.818. The lowest BCUT2D eigenvalue weighted by molar-refractivity contribution is 0.685. The summed E-state index contributed by atoms with van der Waals surface area (Å²) in [5, 5.41) is 0. The maximum atomic E-state index is 5.48. The van der Waals surface area contributed by atoms with Crippen LogP contribution in [0.2, 0.25) is 0 Å². The van der Waals surface area contributed by atoms with E-state index in [0.717, 1.165) is 13.0 Å². The molecule has 0 heterocycles. The molecular formula is C13H20BrN. The Morgan fingerprint density at radius 2 is 1.80 bits per heavy atom. The molecule has 1 aromatic carbocycles. The first-order valence-corrected chi connectivity index (χ1v) is 6.40. The van der Waals surface area contributed by atoms with Gasteiger partial charge in [0.05, 0.1) is 0 Å². The third-order valence-electron chi connectivity index (χ3n) is 2.77. The highest BCUT2D eigenvalue weighted by atomic mass is 79.9. The molecule has 1 nitrogen and oxygen atoms in total. The fraction of sp³-hybridized carbons (Fsp3) is 0.538. The van der Waals surface area contributed by atoms with Gasteiger partial charge >= 0.3 is 0 Å². The lowest BCUT2D eigenvalue weighted by Gasteiger charge is -2.08. The summed E-state index contributed by atoms with van der Waals surface area (Å²) in [6, 6.07) is 4.51. The van der Waals surface area contributed by atoms with Gasteiger partial charge in [0.1, 0.15) is 0 Å². The molecule has 2 heteroatoms. The fourth-order valence-corrected chi connectivity index (χ4v) is 2.20. The molecule has 0 aliphatic heterocycles. The van der Waals surface area contributed by atoms with Gasteiger partial charge in [0, 0.05) is 4.47 Å². The molecule has 15 heavy (non-hydrogen) atoms. The van der Waals surface area contributed by atoms with Crippen LogP contribution in [0.3, 0.4) is 0 Å². The second-order valence-corrected chi connectivity index (χ2v) is 4.98. The summed E-state index contributed by atoms with van der Waals surface area (Å²) in [4.78, 5) is 0. The normalized spacial score (nSPS) is 10.7. The second-order valence-electron chi connectivity index (χ2n) is 4.13. The molecule has 0 saturated heterocycles. The lowest BCUT2D eigenvalue weighted by atomic mass is 10.00. The predicted molar refractivity (Wildman–Crippen MR) is 70.2 cm³/mol. The molecule has 0 fully saturated rings. The number of aryl methyl sites for hydroxylation is 3. The quantitative estimate of drug-likeness (QED) is 0.810. The monoisotopic (exact) mass is 269 g/mol. The minimum atomic E-state index is 0.818. The van der Waals surface area contributed by atoms with E-state index in [0.29, 0.717) is 0 Å². The molecule has 0 bridgehead atoms. The van der Waals surface area contributed by atoms with Crippen molar-refractivity contribution in [1.29, 1.82) is 0 Å². The lowest BCUT2D eigenvalue weighted by Crippen LogP contribution is -1.99. The molecule has 84 valence electrons. The molecular weight excluding hydrogens is 250 g/mol. The maximum absolute atomic E-state index is 5.48. The van der Waals surface area contributed by atoms with Gasteiger partial charge < -0.3 is 5.73 Å². The number of halogens is 1. The average molecular weight is 270 g/mol. The van der Waals surface area contributed by atoms with Gasteiger partial charge in [-0.05, 0) is 62.4 Å². The minimum Gasteiger partial charge on any atom is -0.330 e. The van der Waals surface area contributed by atoms with Gasteiger partial charge in [-0.15, -0.1) is 0 Å². The molecule has 0 aromatic heterocycles. The molecule has 0 unspecified atom stereocenters. The molecule has 0 amide bonds. The standard InChI is InChI=1S/C13H20BrN/c1-10-9-13(14)11(2)8-12(10)6-4-3-5-7-15/h8-9H,3-7,15H2,1-2H3. The second kappa shape index (κ2) is 6.29. The zero-order chi connectivity index (χ0) is 11.3. The van der Waals surface area contributed by atoms with Crippen LogP contribution in [0.1, 0.15) is 36.0 Å². The van der Waals surface area contributed by atoms with Crippen molar-refractivity contribution in [1.82, 2.24) is 0 Å². The van der Waals surface area contributed by atoms with E-state index >= 15 is 0 Å². The Balaban J connectivity index is 2.57. The van der Waals surface area contributed by atoms with Gasteiger partial charge in [0.15, 0.2) is 0 Å². The van der Waals surface area contributed by atoms with Crippen LogP contribution in [0.15, 0.2) is 16.6 Å². The van der Waals surface area contributed by atoms with Crippen LogP contribution in [0.25, 0.3) is 0 Å². The molecule has 0 atom stereocenters. The molecule has 2 N–H and O–H groups in total. The summed E-state index contributed by atoms with van der Waals surface area (Å²) in [6.45, 7) is 5.15. The van der Waals surface area contributed by atoms with Crippen LogP contribution in [-0.2, 0) is 6.42 Å². The first kappa shape index (κ1) is 12.7. The van der Waals surface area contributed by atoms with Crippen LogP contribution in [0.5, 0.6) is 0 Å². The molecule has 0 aliphatic rings. The van der Waals surface area contributed by atoms with E-state index < -0.39 is 0 Å². The summed E-state index contributed by atoms with van der Waals surface area (Å²) >= 11 is 3.56. The van der Waals surface area contributed by atoms with Crippen molar-refractivity contribution in [2.24, 2.45) is 5.73 Å². The molecule has 0 aliphatic carbocycles. The zero-order valence-electron chi connectivity index (χ0n) is 9.65. The highest BCUT2D eigenvalue weighted by Crippen LogP contribution is 2.22.